The van der Waals surface area contributed by atoms with Gasteiger partial charge in [0.25, 0.3) is 5.91 Å². The van der Waals surface area contributed by atoms with Crippen LogP contribution in [0.4, 0.5) is 0 Å². The molecule has 2 aromatic rings. The lowest BCUT2D eigenvalue weighted by molar-refractivity contribution is -0.676. The summed E-state index contributed by atoms with van der Waals surface area (Å²) in [4.78, 5) is 13.7. The lowest BCUT2D eigenvalue weighted by Gasteiger charge is -2.29. The lowest BCUT2D eigenvalue weighted by Crippen LogP contribution is -2.87. The van der Waals surface area contributed by atoms with E-state index in [1.54, 1.807) is 11.3 Å². The molecule has 1 amide bonds. The molecular weight excluding hydrogens is 316 g/mol. The third kappa shape index (κ3) is 4.46. The van der Waals surface area contributed by atoms with Crippen LogP contribution in [0.1, 0.15) is 49.1 Å². The van der Waals surface area contributed by atoms with E-state index in [-0.39, 0.29) is 11.9 Å². The van der Waals surface area contributed by atoms with Crippen LogP contribution >= 0.6 is 11.3 Å². The van der Waals surface area contributed by atoms with E-state index in [9.17, 15) is 4.79 Å². The number of rotatable bonds is 6. The molecule has 0 radical (unpaired) electrons. The first-order chi connectivity index (χ1) is 11.7. The van der Waals surface area contributed by atoms with Crippen molar-refractivity contribution in [2.45, 2.75) is 44.7 Å². The molecule has 1 aliphatic rings. The minimum Gasteiger partial charge on any atom is -0.348 e. The van der Waals surface area contributed by atoms with Crippen LogP contribution in [-0.4, -0.2) is 18.5 Å². The molecule has 0 unspecified atom stereocenters. The van der Waals surface area contributed by atoms with E-state index < -0.39 is 0 Å². The Morgan fingerprint density at radius 1 is 1.21 bits per heavy atom. The van der Waals surface area contributed by atoms with Gasteiger partial charge in [0.1, 0.15) is 6.04 Å². The van der Waals surface area contributed by atoms with Gasteiger partial charge in [-0.2, -0.15) is 0 Å². The maximum Gasteiger partial charge on any atom is 0.275 e. The van der Waals surface area contributed by atoms with E-state index in [0.717, 1.165) is 6.42 Å². The Bertz CT molecular complexity index is 626. The molecule has 24 heavy (non-hydrogen) atoms. The summed E-state index contributed by atoms with van der Waals surface area (Å²) in [5.41, 5.74) is 1.25. The summed E-state index contributed by atoms with van der Waals surface area (Å²) in [6.07, 6.45) is 4.89. The highest BCUT2D eigenvalue weighted by molar-refractivity contribution is 7.10. The summed E-state index contributed by atoms with van der Waals surface area (Å²) in [5, 5.41) is 7.51. The summed E-state index contributed by atoms with van der Waals surface area (Å²) >= 11 is 1.75. The Kier molecular flexibility index (Phi) is 6.05. The van der Waals surface area contributed by atoms with E-state index in [4.69, 9.17) is 0 Å². The summed E-state index contributed by atoms with van der Waals surface area (Å²) in [5.74, 6) is 0.760. The molecule has 3 atom stereocenters. The normalized spacial score (nSPS) is 22.0. The number of amides is 1. The largest absolute Gasteiger partial charge is 0.348 e. The van der Waals surface area contributed by atoms with Crippen LogP contribution in [0.3, 0.4) is 0 Å². The number of nitrogens with two attached hydrogens (primary N) is 1. The molecule has 3 rings (SSSR count). The smallest absolute Gasteiger partial charge is 0.275 e. The molecule has 0 saturated heterocycles. The van der Waals surface area contributed by atoms with Crippen molar-refractivity contribution in [1.29, 1.82) is 0 Å². The van der Waals surface area contributed by atoms with Crippen molar-refractivity contribution in [1.82, 2.24) is 5.32 Å². The predicted octanol–water partition coefficient (Wildman–Crippen LogP) is 3.10. The van der Waals surface area contributed by atoms with Crippen LogP contribution in [0, 0.1) is 5.92 Å². The first-order valence-corrected chi connectivity index (χ1v) is 9.83. The van der Waals surface area contributed by atoms with Crippen molar-refractivity contribution in [3.05, 3.63) is 58.3 Å². The maximum absolute atomic E-state index is 12.4. The van der Waals surface area contributed by atoms with E-state index in [1.807, 2.05) is 6.07 Å². The second-order valence-electron chi connectivity index (χ2n) is 6.78. The number of nitrogens with one attached hydrogen (secondary N) is 1. The van der Waals surface area contributed by atoms with E-state index in [0.29, 0.717) is 18.5 Å². The van der Waals surface area contributed by atoms with E-state index >= 15 is 0 Å². The summed E-state index contributed by atoms with van der Waals surface area (Å²) in [7, 11) is 0. The van der Waals surface area contributed by atoms with Gasteiger partial charge in [0.2, 0.25) is 0 Å². The fourth-order valence-corrected chi connectivity index (χ4v) is 4.42. The number of carbonyl (C=O) groups is 1. The van der Waals surface area contributed by atoms with Crippen molar-refractivity contribution in [2.24, 2.45) is 5.92 Å². The molecular formula is C20H27N2OS+. The third-order valence-corrected chi connectivity index (χ3v) is 5.96. The molecule has 1 aromatic carbocycles. The highest BCUT2D eigenvalue weighted by Crippen LogP contribution is 2.24. The van der Waals surface area contributed by atoms with Gasteiger partial charge in [-0.3, -0.25) is 4.79 Å². The molecule has 1 heterocycles. The number of thiophene rings is 1. The van der Waals surface area contributed by atoms with Crippen molar-refractivity contribution in [2.75, 3.05) is 6.54 Å². The average Bonchev–Trinajstić information content (AvgIpc) is 3.12. The van der Waals surface area contributed by atoms with Crippen molar-refractivity contribution in [3.8, 4) is 0 Å². The van der Waals surface area contributed by atoms with Gasteiger partial charge in [0.05, 0.1) is 4.88 Å². The van der Waals surface area contributed by atoms with Crippen molar-refractivity contribution in [3.63, 3.8) is 0 Å². The van der Waals surface area contributed by atoms with E-state index in [1.165, 1.54) is 29.7 Å². The maximum atomic E-state index is 12.4. The number of quaternary nitrogens is 1. The van der Waals surface area contributed by atoms with Gasteiger partial charge in [0.15, 0.2) is 6.54 Å². The summed E-state index contributed by atoms with van der Waals surface area (Å²) in [6, 6.07) is 15.2. The Hall–Kier alpha value is -1.65. The fourth-order valence-electron chi connectivity index (χ4n) is 3.57. The Morgan fingerprint density at radius 2 is 2.00 bits per heavy atom. The first-order valence-electron chi connectivity index (χ1n) is 8.95. The van der Waals surface area contributed by atoms with Gasteiger partial charge in [0, 0.05) is 11.6 Å². The quantitative estimate of drug-likeness (QED) is 0.832. The lowest BCUT2D eigenvalue weighted by atomic mass is 9.86. The molecule has 0 aliphatic heterocycles. The van der Waals surface area contributed by atoms with Gasteiger partial charge in [-0.25, -0.2) is 0 Å². The second kappa shape index (κ2) is 8.45. The number of benzene rings is 1. The fraction of sp³-hybridized carbons (Fsp3) is 0.450. The van der Waals surface area contributed by atoms with Crippen LogP contribution in [0.5, 0.6) is 0 Å². The monoisotopic (exact) mass is 343 g/mol. The summed E-state index contributed by atoms with van der Waals surface area (Å²) < 4.78 is 0. The van der Waals surface area contributed by atoms with Crippen LogP contribution in [-0.2, 0) is 4.79 Å². The number of hydrogen-bond donors (Lipinski definition) is 2. The average molecular weight is 344 g/mol. The molecule has 0 bridgehead atoms. The minimum atomic E-state index is 0.159. The summed E-state index contributed by atoms with van der Waals surface area (Å²) in [6.45, 7) is 2.73. The molecule has 3 N–H and O–H groups in total. The van der Waals surface area contributed by atoms with Crippen LogP contribution in [0.15, 0.2) is 47.8 Å². The van der Waals surface area contributed by atoms with Gasteiger partial charge in [-0.05, 0) is 30.2 Å². The predicted molar refractivity (Wildman–Crippen MR) is 99.0 cm³/mol. The van der Waals surface area contributed by atoms with Gasteiger partial charge in [-0.1, -0.05) is 56.2 Å². The van der Waals surface area contributed by atoms with Crippen LogP contribution in [0.2, 0.25) is 0 Å². The van der Waals surface area contributed by atoms with Gasteiger partial charge in [-0.15, -0.1) is 11.3 Å². The van der Waals surface area contributed by atoms with E-state index in [2.05, 4.69) is 59.3 Å². The first kappa shape index (κ1) is 17.2. The zero-order chi connectivity index (χ0) is 16.8. The number of carbonyl (C=O) groups excluding carboxylic acids is 1. The number of hydrogen-bond acceptors (Lipinski definition) is 2. The van der Waals surface area contributed by atoms with Crippen molar-refractivity contribution < 1.29 is 10.1 Å². The molecule has 1 fully saturated rings. The SMILES string of the molecule is C[C@@H]1CCCC[C@H]1NC(=O)C[NH2+][C@@H](c1ccccc1)c1cccs1. The topological polar surface area (TPSA) is 45.7 Å². The second-order valence-corrected chi connectivity index (χ2v) is 7.76. The Labute approximate surface area is 148 Å². The molecule has 4 heteroatoms. The highest BCUT2D eigenvalue weighted by Gasteiger charge is 2.24. The third-order valence-electron chi connectivity index (χ3n) is 5.01. The van der Waals surface area contributed by atoms with Crippen LogP contribution < -0.4 is 10.6 Å². The molecule has 1 aliphatic carbocycles. The van der Waals surface area contributed by atoms with Crippen LogP contribution in [0.25, 0.3) is 0 Å². The molecule has 3 nitrogen and oxygen atoms in total. The van der Waals surface area contributed by atoms with Gasteiger partial charge >= 0.3 is 0 Å². The van der Waals surface area contributed by atoms with Gasteiger partial charge < -0.3 is 10.6 Å². The molecule has 0 spiro atoms. The Balaban J connectivity index is 1.60. The molecule has 1 aromatic heterocycles. The zero-order valence-corrected chi connectivity index (χ0v) is 15.1. The zero-order valence-electron chi connectivity index (χ0n) is 14.3. The molecule has 1 saturated carbocycles. The minimum absolute atomic E-state index is 0.159. The highest BCUT2D eigenvalue weighted by atomic mass is 32.1. The van der Waals surface area contributed by atoms with Crippen molar-refractivity contribution >= 4 is 17.2 Å². The molecule has 128 valence electrons. The Morgan fingerprint density at radius 3 is 2.71 bits per heavy atom. The standard InChI is InChI=1S/C20H26N2OS/c1-15-8-5-6-11-17(15)22-19(23)14-21-20(18-12-7-13-24-18)16-9-3-2-4-10-16/h2-4,7,9-10,12-13,15,17,20-21H,5-6,8,11,14H2,1H3,(H,22,23)/p+1/t15-,17-,20+/m1/s1.